The molecule has 0 bridgehead atoms. The minimum absolute atomic E-state index is 0.115. The zero-order valence-electron chi connectivity index (χ0n) is 8.94. The summed E-state index contributed by atoms with van der Waals surface area (Å²) < 4.78 is 0. The van der Waals surface area contributed by atoms with E-state index in [1.54, 1.807) is 6.07 Å². The molecular formula is C11H13ClN2O2. The fourth-order valence-electron chi connectivity index (χ4n) is 1.39. The molecular weight excluding hydrogens is 228 g/mol. The van der Waals surface area contributed by atoms with E-state index in [1.807, 2.05) is 6.92 Å². The van der Waals surface area contributed by atoms with Crippen molar-refractivity contribution in [2.24, 2.45) is 5.73 Å². The average Bonchev–Trinajstić information content (AvgIpc) is 2.16. The topological polar surface area (TPSA) is 69.2 Å². The van der Waals surface area contributed by atoms with Crippen LogP contribution in [0, 0.1) is 10.1 Å². The summed E-state index contributed by atoms with van der Waals surface area (Å²) >= 11 is 5.70. The maximum Gasteiger partial charge on any atom is 0.288 e. The predicted molar refractivity (Wildman–Crippen MR) is 64.5 cm³/mol. The van der Waals surface area contributed by atoms with E-state index in [2.05, 4.69) is 6.58 Å². The lowest BCUT2D eigenvalue weighted by Gasteiger charge is -2.11. The molecule has 86 valence electrons. The molecule has 16 heavy (non-hydrogen) atoms. The van der Waals surface area contributed by atoms with Gasteiger partial charge in [-0.3, -0.25) is 10.1 Å². The number of nitrogens with two attached hydrogens (primary N) is 1. The summed E-state index contributed by atoms with van der Waals surface area (Å²) in [6.07, 6.45) is 0.596. The van der Waals surface area contributed by atoms with Crippen molar-refractivity contribution < 1.29 is 4.92 Å². The van der Waals surface area contributed by atoms with E-state index in [0.29, 0.717) is 12.0 Å². The Morgan fingerprint density at radius 3 is 2.81 bits per heavy atom. The first kappa shape index (κ1) is 12.7. The molecule has 4 nitrogen and oxygen atoms in total. The van der Waals surface area contributed by atoms with Crippen LogP contribution in [0.2, 0.25) is 5.02 Å². The largest absolute Gasteiger partial charge is 0.324 e. The van der Waals surface area contributed by atoms with Gasteiger partial charge in [-0.1, -0.05) is 23.2 Å². The lowest BCUT2D eigenvalue weighted by atomic mass is 10.0. The molecule has 0 saturated carbocycles. The zero-order chi connectivity index (χ0) is 12.3. The average molecular weight is 241 g/mol. The van der Waals surface area contributed by atoms with Gasteiger partial charge in [0.2, 0.25) is 0 Å². The highest BCUT2D eigenvalue weighted by Gasteiger charge is 2.15. The van der Waals surface area contributed by atoms with Crippen molar-refractivity contribution in [2.75, 3.05) is 0 Å². The van der Waals surface area contributed by atoms with Crippen LogP contribution in [0.4, 0.5) is 5.69 Å². The van der Waals surface area contributed by atoms with Crippen LogP contribution in [0.25, 0.3) is 0 Å². The van der Waals surface area contributed by atoms with E-state index < -0.39 is 4.92 Å². The van der Waals surface area contributed by atoms with Gasteiger partial charge in [0.15, 0.2) is 0 Å². The SMILES string of the molecule is C=C(C)C[C@@H](N)c1ccc(Cl)c([N+](=O)[O-])c1. The molecule has 0 heterocycles. The quantitative estimate of drug-likeness (QED) is 0.499. The van der Waals surface area contributed by atoms with Gasteiger partial charge < -0.3 is 5.73 Å². The van der Waals surface area contributed by atoms with E-state index in [-0.39, 0.29) is 16.8 Å². The molecule has 0 amide bonds. The number of nitro groups is 1. The second-order valence-corrected chi connectivity index (χ2v) is 4.14. The predicted octanol–water partition coefficient (Wildman–Crippen LogP) is 3.21. The van der Waals surface area contributed by atoms with E-state index in [9.17, 15) is 10.1 Å². The fourth-order valence-corrected chi connectivity index (χ4v) is 1.58. The molecule has 2 N–H and O–H groups in total. The summed E-state index contributed by atoms with van der Waals surface area (Å²) in [6.45, 7) is 5.62. The van der Waals surface area contributed by atoms with E-state index in [0.717, 1.165) is 5.57 Å². The fraction of sp³-hybridized carbons (Fsp3) is 0.273. The Morgan fingerprint density at radius 1 is 1.69 bits per heavy atom. The van der Waals surface area contributed by atoms with Crippen molar-refractivity contribution in [2.45, 2.75) is 19.4 Å². The first-order valence-electron chi connectivity index (χ1n) is 4.75. The summed E-state index contributed by atoms with van der Waals surface area (Å²) in [6, 6.07) is 4.32. The third-order valence-electron chi connectivity index (χ3n) is 2.16. The molecule has 0 aromatic heterocycles. The normalized spacial score (nSPS) is 12.2. The van der Waals surface area contributed by atoms with Gasteiger partial charge in [0.25, 0.3) is 5.69 Å². The molecule has 0 fully saturated rings. The van der Waals surface area contributed by atoms with Crippen LogP contribution in [0.1, 0.15) is 24.9 Å². The van der Waals surface area contributed by atoms with Gasteiger partial charge in [0, 0.05) is 12.1 Å². The van der Waals surface area contributed by atoms with E-state index >= 15 is 0 Å². The number of hydrogen-bond donors (Lipinski definition) is 1. The monoisotopic (exact) mass is 240 g/mol. The highest BCUT2D eigenvalue weighted by Crippen LogP contribution is 2.28. The number of halogens is 1. The second kappa shape index (κ2) is 5.09. The van der Waals surface area contributed by atoms with Gasteiger partial charge in [0.1, 0.15) is 5.02 Å². The minimum Gasteiger partial charge on any atom is -0.324 e. The maximum absolute atomic E-state index is 10.7. The molecule has 1 aromatic rings. The van der Waals surface area contributed by atoms with Crippen molar-refractivity contribution in [1.82, 2.24) is 0 Å². The molecule has 1 atom stereocenters. The third kappa shape index (κ3) is 3.05. The Hall–Kier alpha value is -1.39. The summed E-state index contributed by atoms with van der Waals surface area (Å²) in [5.41, 5.74) is 7.40. The molecule has 1 aromatic carbocycles. The van der Waals surface area contributed by atoms with Crippen molar-refractivity contribution in [3.63, 3.8) is 0 Å². The van der Waals surface area contributed by atoms with Gasteiger partial charge in [-0.15, -0.1) is 6.58 Å². The lowest BCUT2D eigenvalue weighted by Crippen LogP contribution is -2.10. The van der Waals surface area contributed by atoms with Crippen LogP contribution in [0.3, 0.4) is 0 Å². The highest BCUT2D eigenvalue weighted by molar-refractivity contribution is 6.32. The van der Waals surface area contributed by atoms with Crippen molar-refractivity contribution in [1.29, 1.82) is 0 Å². The number of nitrogens with zero attached hydrogens (tertiary/aromatic N) is 1. The standard InChI is InChI=1S/C11H13ClN2O2/c1-7(2)5-10(13)8-3-4-9(12)11(6-8)14(15)16/h3-4,6,10H,1,5,13H2,2H3/t10-/m1/s1. The Morgan fingerprint density at radius 2 is 2.31 bits per heavy atom. The first-order chi connectivity index (χ1) is 7.41. The number of hydrogen-bond acceptors (Lipinski definition) is 3. The number of benzene rings is 1. The molecule has 0 aliphatic carbocycles. The van der Waals surface area contributed by atoms with E-state index in [4.69, 9.17) is 17.3 Å². The Labute approximate surface area is 98.9 Å². The van der Waals surface area contributed by atoms with Gasteiger partial charge in [-0.25, -0.2) is 0 Å². The lowest BCUT2D eigenvalue weighted by molar-refractivity contribution is -0.384. The highest BCUT2D eigenvalue weighted by atomic mass is 35.5. The van der Waals surface area contributed by atoms with Gasteiger partial charge in [-0.2, -0.15) is 0 Å². The van der Waals surface area contributed by atoms with Crippen LogP contribution in [-0.4, -0.2) is 4.92 Å². The molecule has 0 unspecified atom stereocenters. The third-order valence-corrected chi connectivity index (χ3v) is 2.48. The molecule has 0 spiro atoms. The van der Waals surface area contributed by atoms with Gasteiger partial charge >= 0.3 is 0 Å². The molecule has 0 aliphatic rings. The smallest absolute Gasteiger partial charge is 0.288 e. The van der Waals surface area contributed by atoms with Gasteiger partial charge in [0.05, 0.1) is 4.92 Å². The van der Waals surface area contributed by atoms with Gasteiger partial charge in [-0.05, 0) is 25.0 Å². The molecule has 5 heteroatoms. The van der Waals surface area contributed by atoms with Crippen LogP contribution in [0.15, 0.2) is 30.4 Å². The molecule has 0 radical (unpaired) electrons. The summed E-state index contributed by atoms with van der Waals surface area (Å²) in [5, 5.41) is 10.8. The van der Waals surface area contributed by atoms with Crippen LogP contribution in [-0.2, 0) is 0 Å². The zero-order valence-corrected chi connectivity index (χ0v) is 9.70. The first-order valence-corrected chi connectivity index (χ1v) is 5.13. The summed E-state index contributed by atoms with van der Waals surface area (Å²) in [7, 11) is 0. The van der Waals surface area contributed by atoms with Crippen LogP contribution < -0.4 is 5.73 Å². The van der Waals surface area contributed by atoms with Crippen LogP contribution >= 0.6 is 11.6 Å². The minimum atomic E-state index is -0.515. The number of nitro benzene ring substituents is 1. The van der Waals surface area contributed by atoms with E-state index in [1.165, 1.54) is 12.1 Å². The summed E-state index contributed by atoms with van der Waals surface area (Å²) in [5.74, 6) is 0. The molecule has 0 saturated heterocycles. The molecule has 0 aliphatic heterocycles. The summed E-state index contributed by atoms with van der Waals surface area (Å²) in [4.78, 5) is 10.2. The Balaban J connectivity index is 3.02. The van der Waals surface area contributed by atoms with Crippen molar-refractivity contribution >= 4 is 17.3 Å². The van der Waals surface area contributed by atoms with Crippen molar-refractivity contribution in [3.05, 3.63) is 51.1 Å². The second-order valence-electron chi connectivity index (χ2n) is 3.74. The molecule has 1 rings (SSSR count). The Kier molecular flexibility index (Phi) is 4.04. The Bertz CT molecular complexity index is 432. The maximum atomic E-state index is 10.7. The van der Waals surface area contributed by atoms with Crippen molar-refractivity contribution in [3.8, 4) is 0 Å². The number of rotatable bonds is 4. The van der Waals surface area contributed by atoms with Crippen LogP contribution in [0.5, 0.6) is 0 Å².